The fraction of sp³-hybridized carbons (Fsp3) is 0.895. The first kappa shape index (κ1) is 17.3. The van der Waals surface area contributed by atoms with Gasteiger partial charge in [-0.25, -0.2) is 0 Å². The van der Waals surface area contributed by atoms with E-state index >= 15 is 0 Å². The number of hydrogen-bond acceptors (Lipinski definition) is 4. The van der Waals surface area contributed by atoms with Crippen LogP contribution in [0.15, 0.2) is 0 Å². The molecule has 1 spiro atoms. The predicted octanol–water partition coefficient (Wildman–Crippen LogP) is 1.92. The van der Waals surface area contributed by atoms with Gasteiger partial charge in [-0.2, -0.15) is 0 Å². The van der Waals surface area contributed by atoms with Crippen LogP contribution in [-0.2, 0) is 19.1 Å². The third-order valence-electron chi connectivity index (χ3n) is 7.33. The molecule has 140 valence electrons. The van der Waals surface area contributed by atoms with Gasteiger partial charge in [0.25, 0.3) is 5.91 Å². The Bertz CT molecular complexity index is 558. The standard InChI is InChI=1S/C19H29NO5/c1-3-24-15-9-14(19(15)6-4-5-7-19)20(2)17(21)13-8-11-12(10-25-13)16(11)18(22)23/h11-16H,3-10H2,1-2H3,(H,22,23)/t11-,12+,13-,14-,15+,16-/m0/s1. The molecule has 6 heteroatoms. The van der Waals surface area contributed by atoms with E-state index in [9.17, 15) is 14.7 Å². The number of aliphatic carboxylic acids is 1. The number of rotatable bonds is 5. The zero-order valence-corrected chi connectivity index (χ0v) is 15.1. The third kappa shape index (κ3) is 2.60. The number of carboxylic acids is 1. The molecule has 25 heavy (non-hydrogen) atoms. The van der Waals surface area contributed by atoms with Crippen LogP contribution in [0.3, 0.4) is 0 Å². The Hall–Kier alpha value is -1.14. The van der Waals surface area contributed by atoms with Gasteiger partial charge in [-0.15, -0.1) is 0 Å². The van der Waals surface area contributed by atoms with Crippen molar-refractivity contribution in [3.63, 3.8) is 0 Å². The van der Waals surface area contributed by atoms with Crippen LogP contribution >= 0.6 is 0 Å². The highest BCUT2D eigenvalue weighted by atomic mass is 16.5. The van der Waals surface area contributed by atoms with E-state index in [2.05, 4.69) is 0 Å². The van der Waals surface area contributed by atoms with Crippen molar-refractivity contribution in [2.24, 2.45) is 23.2 Å². The van der Waals surface area contributed by atoms with Gasteiger partial charge in [0.05, 0.1) is 18.6 Å². The second kappa shape index (κ2) is 6.23. The summed E-state index contributed by atoms with van der Waals surface area (Å²) in [6, 6.07) is 0.231. The van der Waals surface area contributed by atoms with Crippen LogP contribution in [0.1, 0.15) is 45.4 Å². The Morgan fingerprint density at radius 3 is 2.60 bits per heavy atom. The van der Waals surface area contributed by atoms with Crippen molar-refractivity contribution in [2.45, 2.75) is 63.7 Å². The molecule has 0 radical (unpaired) electrons. The molecule has 0 aromatic rings. The number of amides is 1. The first-order valence-corrected chi connectivity index (χ1v) is 9.72. The van der Waals surface area contributed by atoms with Crippen molar-refractivity contribution in [1.82, 2.24) is 4.90 Å². The van der Waals surface area contributed by atoms with Gasteiger partial charge in [-0.05, 0) is 44.4 Å². The molecule has 1 heterocycles. The first-order valence-electron chi connectivity index (χ1n) is 9.72. The maximum atomic E-state index is 13.0. The van der Waals surface area contributed by atoms with Crippen LogP contribution < -0.4 is 0 Å². The number of hydrogen-bond donors (Lipinski definition) is 1. The number of carboxylic acid groups (broad SMARTS) is 1. The molecule has 6 nitrogen and oxygen atoms in total. The lowest BCUT2D eigenvalue weighted by Crippen LogP contribution is -2.65. The highest BCUT2D eigenvalue weighted by Crippen LogP contribution is 2.57. The third-order valence-corrected chi connectivity index (χ3v) is 7.33. The van der Waals surface area contributed by atoms with E-state index < -0.39 is 12.1 Å². The molecule has 0 unspecified atom stereocenters. The number of likely N-dealkylation sites (N-methyl/N-ethyl adjacent to an activating group) is 1. The molecule has 0 aromatic carbocycles. The minimum Gasteiger partial charge on any atom is -0.481 e. The second-order valence-corrected chi connectivity index (χ2v) is 8.33. The largest absolute Gasteiger partial charge is 0.481 e. The molecule has 3 saturated carbocycles. The summed E-state index contributed by atoms with van der Waals surface area (Å²) in [5.74, 6) is -0.801. The highest BCUT2D eigenvalue weighted by molar-refractivity contribution is 5.82. The van der Waals surface area contributed by atoms with Crippen molar-refractivity contribution < 1.29 is 24.2 Å². The van der Waals surface area contributed by atoms with Crippen LogP contribution in [0.2, 0.25) is 0 Å². The van der Waals surface area contributed by atoms with Gasteiger partial charge in [0.1, 0.15) is 6.10 Å². The van der Waals surface area contributed by atoms with E-state index in [-0.39, 0.29) is 41.2 Å². The molecule has 4 aliphatic rings. The van der Waals surface area contributed by atoms with Crippen molar-refractivity contribution in [2.75, 3.05) is 20.3 Å². The lowest BCUT2D eigenvalue weighted by molar-refractivity contribution is -0.180. The summed E-state index contributed by atoms with van der Waals surface area (Å²) in [6.07, 6.45) is 5.97. The van der Waals surface area contributed by atoms with Gasteiger partial charge in [-0.3, -0.25) is 9.59 Å². The number of carbonyl (C=O) groups excluding carboxylic acids is 1. The summed E-state index contributed by atoms with van der Waals surface area (Å²) in [7, 11) is 1.90. The van der Waals surface area contributed by atoms with E-state index in [1.54, 1.807) is 0 Å². The molecule has 4 rings (SSSR count). The van der Waals surface area contributed by atoms with E-state index in [0.29, 0.717) is 13.0 Å². The number of ether oxygens (including phenoxy) is 2. The lowest BCUT2D eigenvalue weighted by Gasteiger charge is -2.57. The Morgan fingerprint density at radius 1 is 1.24 bits per heavy atom. The molecule has 1 aliphatic heterocycles. The van der Waals surface area contributed by atoms with E-state index in [4.69, 9.17) is 9.47 Å². The summed E-state index contributed by atoms with van der Waals surface area (Å²) in [4.78, 5) is 26.1. The zero-order valence-electron chi connectivity index (χ0n) is 15.1. The average molecular weight is 351 g/mol. The summed E-state index contributed by atoms with van der Waals surface area (Å²) in [6.45, 7) is 3.16. The predicted molar refractivity (Wildman–Crippen MR) is 90.0 cm³/mol. The molecule has 1 N–H and O–H groups in total. The Labute approximate surface area is 148 Å². The topological polar surface area (TPSA) is 76.1 Å². The first-order chi connectivity index (χ1) is 12.0. The summed E-state index contributed by atoms with van der Waals surface area (Å²) in [5.41, 5.74) is 0.126. The quantitative estimate of drug-likeness (QED) is 0.819. The fourth-order valence-corrected chi connectivity index (χ4v) is 5.85. The molecule has 0 aromatic heterocycles. The maximum Gasteiger partial charge on any atom is 0.307 e. The maximum absolute atomic E-state index is 13.0. The van der Waals surface area contributed by atoms with E-state index in [0.717, 1.165) is 25.9 Å². The van der Waals surface area contributed by atoms with Gasteiger partial charge in [0.2, 0.25) is 0 Å². The number of carbonyl (C=O) groups is 2. The van der Waals surface area contributed by atoms with Gasteiger partial charge < -0.3 is 19.5 Å². The molecule has 3 aliphatic carbocycles. The van der Waals surface area contributed by atoms with E-state index in [1.165, 1.54) is 12.8 Å². The molecule has 1 saturated heterocycles. The normalized spacial score (nSPS) is 41.0. The van der Waals surface area contributed by atoms with Crippen LogP contribution in [-0.4, -0.2) is 60.4 Å². The Morgan fingerprint density at radius 2 is 1.96 bits per heavy atom. The van der Waals surface area contributed by atoms with Gasteiger partial charge in [-0.1, -0.05) is 12.8 Å². The van der Waals surface area contributed by atoms with Crippen molar-refractivity contribution >= 4 is 11.9 Å². The summed E-state index contributed by atoms with van der Waals surface area (Å²) < 4.78 is 11.7. The molecular formula is C19H29NO5. The van der Waals surface area contributed by atoms with Gasteiger partial charge >= 0.3 is 5.97 Å². The van der Waals surface area contributed by atoms with Crippen LogP contribution in [0, 0.1) is 23.2 Å². The van der Waals surface area contributed by atoms with Gasteiger partial charge in [0.15, 0.2) is 0 Å². The molecule has 0 bridgehead atoms. The molecule has 6 atom stereocenters. The molecule has 1 amide bonds. The zero-order chi connectivity index (χ0) is 17.8. The number of fused-ring (bicyclic) bond motifs is 1. The Balaban J connectivity index is 1.40. The van der Waals surface area contributed by atoms with E-state index in [1.807, 2.05) is 18.9 Å². The molecular weight excluding hydrogens is 322 g/mol. The highest BCUT2D eigenvalue weighted by Gasteiger charge is 2.61. The van der Waals surface area contributed by atoms with Crippen molar-refractivity contribution in [3.05, 3.63) is 0 Å². The monoisotopic (exact) mass is 351 g/mol. The van der Waals surface area contributed by atoms with Crippen molar-refractivity contribution in [3.8, 4) is 0 Å². The smallest absolute Gasteiger partial charge is 0.307 e. The second-order valence-electron chi connectivity index (χ2n) is 8.33. The average Bonchev–Trinajstić information content (AvgIpc) is 3.07. The fourth-order valence-electron chi connectivity index (χ4n) is 5.85. The summed E-state index contributed by atoms with van der Waals surface area (Å²) >= 11 is 0. The minimum absolute atomic E-state index is 0.0284. The van der Waals surface area contributed by atoms with Gasteiger partial charge in [0, 0.05) is 25.1 Å². The number of nitrogens with zero attached hydrogens (tertiary/aromatic N) is 1. The lowest BCUT2D eigenvalue weighted by atomic mass is 9.60. The molecule has 4 fully saturated rings. The summed E-state index contributed by atoms with van der Waals surface area (Å²) in [5, 5.41) is 9.21. The van der Waals surface area contributed by atoms with Crippen LogP contribution in [0.5, 0.6) is 0 Å². The van der Waals surface area contributed by atoms with Crippen LogP contribution in [0.25, 0.3) is 0 Å². The van der Waals surface area contributed by atoms with Crippen molar-refractivity contribution in [1.29, 1.82) is 0 Å². The minimum atomic E-state index is -0.747. The Kier molecular flexibility index (Phi) is 4.31. The van der Waals surface area contributed by atoms with Crippen LogP contribution in [0.4, 0.5) is 0 Å². The SMILES string of the molecule is CCO[C@@H]1C[C@H](N(C)C(=O)[C@@H]2C[C@H]3[C@@H](CO2)[C@H]3C(=O)O)C12CCCC2.